The SMILES string of the molecule is C=S(=O)(c1cn(C)cn1)N(C1CC(F)(F)C1)[C@H]1CCC2=Cc3c(cnn3-c3ccc(F)cc3)C[C@]2(C(=O)c2cc(C(F)(F)F)ccn2)C1. The molecular weight excluding hydrogens is 658 g/mol. The fraction of sp³-hybridized carbons (Fsp3) is 0.364. The maximum Gasteiger partial charge on any atom is 0.416 e. The van der Waals surface area contributed by atoms with Gasteiger partial charge in [0.15, 0.2) is 10.8 Å². The van der Waals surface area contributed by atoms with Gasteiger partial charge in [0.2, 0.25) is 0 Å². The molecule has 48 heavy (non-hydrogen) atoms. The van der Waals surface area contributed by atoms with E-state index in [-0.39, 0.29) is 24.3 Å². The minimum atomic E-state index is -4.73. The molecule has 1 aromatic carbocycles. The largest absolute Gasteiger partial charge is 0.416 e. The summed E-state index contributed by atoms with van der Waals surface area (Å²) in [6.07, 6.45) is 1.87. The lowest BCUT2D eigenvalue weighted by atomic mass is 9.60. The predicted molar refractivity (Wildman–Crippen MR) is 165 cm³/mol. The van der Waals surface area contributed by atoms with E-state index < -0.39 is 75.0 Å². The second-order valence-electron chi connectivity index (χ2n) is 12.8. The molecule has 0 saturated heterocycles. The van der Waals surface area contributed by atoms with E-state index >= 15 is 0 Å². The first-order valence-corrected chi connectivity index (χ1v) is 16.9. The van der Waals surface area contributed by atoms with Crippen molar-refractivity contribution in [1.82, 2.24) is 28.6 Å². The van der Waals surface area contributed by atoms with Gasteiger partial charge in [0.25, 0.3) is 5.92 Å². The smallest absolute Gasteiger partial charge is 0.339 e. The topological polar surface area (TPSA) is 85.9 Å². The Morgan fingerprint density at radius 1 is 1.08 bits per heavy atom. The molecule has 0 amide bonds. The van der Waals surface area contributed by atoms with Gasteiger partial charge in [-0.3, -0.25) is 9.78 Å². The number of alkyl halides is 5. The third-order valence-electron chi connectivity index (χ3n) is 9.60. The summed E-state index contributed by atoms with van der Waals surface area (Å²) in [5.74, 6) is -0.0862. The van der Waals surface area contributed by atoms with Crippen LogP contribution in [0.2, 0.25) is 0 Å². The maximum atomic E-state index is 14.6. The molecule has 4 aromatic rings. The highest BCUT2D eigenvalue weighted by molar-refractivity contribution is 7.98. The number of allylic oxidation sites excluding steroid dienone is 1. The molecule has 8 nitrogen and oxygen atoms in total. The molecule has 0 spiro atoms. The van der Waals surface area contributed by atoms with Crippen LogP contribution in [-0.4, -0.2) is 62.5 Å². The van der Waals surface area contributed by atoms with E-state index in [1.54, 1.807) is 40.7 Å². The van der Waals surface area contributed by atoms with Crippen molar-refractivity contribution in [2.24, 2.45) is 12.5 Å². The fourth-order valence-electron chi connectivity index (χ4n) is 7.32. The van der Waals surface area contributed by atoms with Crippen LogP contribution in [-0.2, 0) is 29.4 Å². The van der Waals surface area contributed by atoms with Gasteiger partial charge in [0, 0.05) is 44.4 Å². The van der Waals surface area contributed by atoms with Gasteiger partial charge in [0.05, 0.1) is 44.6 Å². The number of fused-ring (bicyclic) bond motifs is 2. The molecule has 3 heterocycles. The second kappa shape index (κ2) is 11.2. The number of ketones is 1. The summed E-state index contributed by atoms with van der Waals surface area (Å²) in [7, 11) is -1.77. The van der Waals surface area contributed by atoms with Gasteiger partial charge in [-0.15, -0.1) is 0 Å². The van der Waals surface area contributed by atoms with Crippen molar-refractivity contribution in [1.29, 1.82) is 0 Å². The maximum absolute atomic E-state index is 14.6. The van der Waals surface area contributed by atoms with Crippen LogP contribution in [0.3, 0.4) is 0 Å². The van der Waals surface area contributed by atoms with E-state index in [4.69, 9.17) is 0 Å². The van der Waals surface area contributed by atoms with Gasteiger partial charge >= 0.3 is 6.18 Å². The zero-order valence-corrected chi connectivity index (χ0v) is 26.4. The van der Waals surface area contributed by atoms with Crippen molar-refractivity contribution >= 4 is 27.4 Å². The van der Waals surface area contributed by atoms with Crippen molar-refractivity contribution in [3.63, 3.8) is 0 Å². The summed E-state index contributed by atoms with van der Waals surface area (Å²) < 4.78 is 103. The van der Waals surface area contributed by atoms with Crippen LogP contribution in [0.5, 0.6) is 0 Å². The number of pyridine rings is 1. The molecule has 2 saturated carbocycles. The fourth-order valence-corrected chi connectivity index (χ4v) is 9.37. The minimum Gasteiger partial charge on any atom is -0.339 e. The first kappa shape index (κ1) is 32.3. The molecule has 3 aliphatic carbocycles. The van der Waals surface area contributed by atoms with E-state index in [0.717, 1.165) is 18.3 Å². The Bertz CT molecular complexity index is 2040. The zero-order valence-electron chi connectivity index (χ0n) is 25.6. The lowest BCUT2D eigenvalue weighted by Crippen LogP contribution is -2.59. The van der Waals surface area contributed by atoms with E-state index in [1.165, 1.54) is 29.0 Å². The Labute approximate surface area is 272 Å². The van der Waals surface area contributed by atoms with Gasteiger partial charge in [0.1, 0.15) is 11.5 Å². The Morgan fingerprint density at radius 3 is 2.46 bits per heavy atom. The number of halogens is 6. The van der Waals surface area contributed by atoms with Crippen molar-refractivity contribution in [2.75, 3.05) is 0 Å². The third kappa shape index (κ3) is 5.46. The number of carbonyl (C=O) groups excluding carboxylic acids is 1. The number of Topliss-reactive ketones (excluding diaryl/α,β-unsaturated/α-hetero) is 1. The first-order valence-electron chi connectivity index (χ1n) is 15.2. The van der Waals surface area contributed by atoms with Gasteiger partial charge in [-0.25, -0.2) is 31.4 Å². The minimum absolute atomic E-state index is 0.0131. The lowest BCUT2D eigenvalue weighted by Gasteiger charge is -2.51. The Hall–Kier alpha value is -4.24. The number of benzene rings is 1. The normalized spacial score (nSPS) is 23.5. The molecule has 3 atom stereocenters. The van der Waals surface area contributed by atoms with E-state index in [1.807, 2.05) is 0 Å². The number of aromatic nitrogens is 5. The van der Waals surface area contributed by atoms with E-state index in [2.05, 4.69) is 20.9 Å². The number of hydrogen-bond acceptors (Lipinski definition) is 5. The molecule has 3 aromatic heterocycles. The van der Waals surface area contributed by atoms with Crippen molar-refractivity contribution < 1.29 is 35.3 Å². The summed E-state index contributed by atoms with van der Waals surface area (Å²) >= 11 is 0. The monoisotopic (exact) mass is 688 g/mol. The quantitative estimate of drug-likeness (QED) is 0.129. The van der Waals surface area contributed by atoms with Crippen molar-refractivity contribution in [3.05, 3.63) is 95.2 Å². The zero-order chi connectivity index (χ0) is 34.2. The summed E-state index contributed by atoms with van der Waals surface area (Å²) in [6, 6.07) is 5.61. The Kier molecular flexibility index (Phi) is 7.51. The molecule has 0 N–H and O–H groups in total. The number of hydrogen-bond donors (Lipinski definition) is 0. The Balaban J connectivity index is 1.34. The van der Waals surface area contributed by atoms with Gasteiger partial charge in [-0.05, 0) is 79.6 Å². The number of carbonyl (C=O) groups is 1. The lowest BCUT2D eigenvalue weighted by molar-refractivity contribution is -0.137. The second-order valence-corrected chi connectivity index (χ2v) is 14.9. The molecule has 252 valence electrons. The van der Waals surface area contributed by atoms with Crippen LogP contribution in [0.15, 0.2) is 71.9 Å². The first-order chi connectivity index (χ1) is 22.6. The van der Waals surface area contributed by atoms with Gasteiger partial charge in [-0.2, -0.15) is 18.3 Å². The van der Waals surface area contributed by atoms with Gasteiger partial charge < -0.3 is 4.57 Å². The molecule has 0 radical (unpaired) electrons. The van der Waals surface area contributed by atoms with Crippen LogP contribution in [0.1, 0.15) is 59.4 Å². The summed E-state index contributed by atoms with van der Waals surface area (Å²) in [5.41, 5.74) is -0.505. The molecule has 7 rings (SSSR count). The van der Waals surface area contributed by atoms with Crippen LogP contribution >= 0.6 is 0 Å². The third-order valence-corrected chi connectivity index (χ3v) is 11.7. The highest BCUT2D eigenvalue weighted by Gasteiger charge is 2.56. The molecular formula is C33H30F6N6O2S. The van der Waals surface area contributed by atoms with Crippen LogP contribution < -0.4 is 0 Å². The molecule has 2 fully saturated rings. The van der Waals surface area contributed by atoms with Crippen LogP contribution in [0.25, 0.3) is 11.8 Å². The number of rotatable bonds is 7. The number of aryl methyl sites for hydroxylation is 1. The highest BCUT2D eigenvalue weighted by atomic mass is 32.2. The molecule has 0 bridgehead atoms. The van der Waals surface area contributed by atoms with E-state index in [0.29, 0.717) is 28.9 Å². The van der Waals surface area contributed by atoms with Crippen LogP contribution in [0, 0.1) is 11.2 Å². The van der Waals surface area contributed by atoms with E-state index in [9.17, 15) is 35.3 Å². The number of imidazole rings is 1. The molecule has 1 unspecified atom stereocenters. The molecule has 0 aliphatic heterocycles. The number of nitrogens with zero attached hydrogens (tertiary/aromatic N) is 6. The van der Waals surface area contributed by atoms with Crippen molar-refractivity contribution in [3.8, 4) is 5.69 Å². The van der Waals surface area contributed by atoms with Crippen LogP contribution in [0.4, 0.5) is 26.3 Å². The average molecular weight is 689 g/mol. The van der Waals surface area contributed by atoms with Gasteiger partial charge in [-0.1, -0.05) is 5.57 Å². The summed E-state index contributed by atoms with van der Waals surface area (Å²) in [5, 5.41) is 4.59. The Morgan fingerprint density at radius 2 is 1.81 bits per heavy atom. The average Bonchev–Trinajstić information content (AvgIpc) is 3.65. The van der Waals surface area contributed by atoms with Crippen molar-refractivity contribution in [2.45, 2.75) is 67.7 Å². The summed E-state index contributed by atoms with van der Waals surface area (Å²) in [4.78, 5) is 22.9. The summed E-state index contributed by atoms with van der Waals surface area (Å²) in [6.45, 7) is 0. The molecule has 3 aliphatic rings. The standard InChI is InChI=1S/C33H30F6N6O2S/c1-43-18-29(41-19-43)48(2,47)45(26-15-32(35,36)16-26)25-6-3-21-12-28-20(17-42-44(28)24-7-4-23(34)5-8-24)13-31(21,14-25)30(46)27-11-22(9-10-40-27)33(37,38)39/h4-5,7-12,17-19,25-26H,2-3,6,13-16H2,1H3/t25-,31-,48?/m0/s1. The predicted octanol–water partition coefficient (Wildman–Crippen LogP) is 6.31. The molecule has 15 heteroatoms. The highest BCUT2D eigenvalue weighted by Crippen LogP contribution is 2.53.